The van der Waals surface area contributed by atoms with E-state index in [1.54, 1.807) is 6.92 Å². The van der Waals surface area contributed by atoms with Crippen LogP contribution in [0.5, 0.6) is 0 Å². The summed E-state index contributed by atoms with van der Waals surface area (Å²) in [4.78, 5) is 61.1. The van der Waals surface area contributed by atoms with Crippen LogP contribution in [0.4, 0.5) is 0 Å². The number of rotatable bonds is 11. The zero-order chi connectivity index (χ0) is 23.0. The predicted molar refractivity (Wildman–Crippen MR) is 106 cm³/mol. The standard InChI is InChI=1S/C19H32N4O7/c1-4-10(2)15(22-16(26)12(20)7-8-14(24)25)18(28)23-9-5-6-13(23)17(27)21-11(3)19(29)30/h10-13,15H,4-9,20H2,1-3H3,(H,21,27)(H,22,26)(H,24,25)(H,29,30). The van der Waals surface area contributed by atoms with Crippen LogP contribution in [0.15, 0.2) is 0 Å². The average molecular weight is 428 g/mol. The van der Waals surface area contributed by atoms with Crippen molar-refractivity contribution >= 4 is 29.7 Å². The molecule has 5 atom stereocenters. The van der Waals surface area contributed by atoms with Gasteiger partial charge in [-0.1, -0.05) is 20.3 Å². The molecule has 0 aromatic carbocycles. The summed E-state index contributed by atoms with van der Waals surface area (Å²) in [6.07, 6.45) is 1.20. The largest absolute Gasteiger partial charge is 0.481 e. The lowest BCUT2D eigenvalue weighted by Crippen LogP contribution is -2.58. The van der Waals surface area contributed by atoms with Crippen molar-refractivity contribution in [3.8, 4) is 0 Å². The molecule has 0 saturated carbocycles. The van der Waals surface area contributed by atoms with Crippen LogP contribution in [0.1, 0.15) is 52.9 Å². The van der Waals surface area contributed by atoms with Gasteiger partial charge in [0.05, 0.1) is 6.04 Å². The maximum absolute atomic E-state index is 13.2. The number of carbonyl (C=O) groups is 5. The van der Waals surface area contributed by atoms with Crippen LogP contribution in [0.3, 0.4) is 0 Å². The van der Waals surface area contributed by atoms with E-state index < -0.39 is 53.8 Å². The number of likely N-dealkylation sites (tertiary alicyclic amines) is 1. The Hall–Kier alpha value is -2.69. The summed E-state index contributed by atoms with van der Waals surface area (Å²) in [6, 6.07) is -3.91. The van der Waals surface area contributed by atoms with Gasteiger partial charge in [-0.15, -0.1) is 0 Å². The van der Waals surface area contributed by atoms with Gasteiger partial charge in [-0.2, -0.15) is 0 Å². The number of carboxylic acids is 2. The van der Waals surface area contributed by atoms with E-state index in [-0.39, 0.29) is 18.8 Å². The van der Waals surface area contributed by atoms with Crippen LogP contribution in [-0.4, -0.2) is 75.5 Å². The molecule has 5 unspecified atom stereocenters. The lowest BCUT2D eigenvalue weighted by atomic mass is 9.96. The zero-order valence-corrected chi connectivity index (χ0v) is 17.6. The zero-order valence-electron chi connectivity index (χ0n) is 17.6. The minimum atomic E-state index is -1.18. The molecule has 0 aliphatic carbocycles. The summed E-state index contributed by atoms with van der Waals surface area (Å²) < 4.78 is 0. The second kappa shape index (κ2) is 11.5. The highest BCUT2D eigenvalue weighted by molar-refractivity contribution is 5.94. The van der Waals surface area contributed by atoms with Gasteiger partial charge in [-0.25, -0.2) is 0 Å². The monoisotopic (exact) mass is 428 g/mol. The van der Waals surface area contributed by atoms with Gasteiger partial charge in [0.1, 0.15) is 18.1 Å². The number of nitrogens with zero attached hydrogens (tertiary/aromatic N) is 1. The van der Waals surface area contributed by atoms with E-state index >= 15 is 0 Å². The molecule has 6 N–H and O–H groups in total. The second-order valence-electron chi connectivity index (χ2n) is 7.67. The van der Waals surface area contributed by atoms with Crippen molar-refractivity contribution in [1.82, 2.24) is 15.5 Å². The van der Waals surface area contributed by atoms with Gasteiger partial charge in [-0.3, -0.25) is 24.0 Å². The van der Waals surface area contributed by atoms with Crippen LogP contribution in [0.2, 0.25) is 0 Å². The van der Waals surface area contributed by atoms with E-state index in [1.807, 2.05) is 6.92 Å². The molecule has 1 saturated heterocycles. The number of hydrogen-bond donors (Lipinski definition) is 5. The Bertz CT molecular complexity index is 669. The van der Waals surface area contributed by atoms with Crippen molar-refractivity contribution in [1.29, 1.82) is 0 Å². The van der Waals surface area contributed by atoms with Crippen molar-refractivity contribution in [3.05, 3.63) is 0 Å². The Labute approximate surface area is 175 Å². The maximum atomic E-state index is 13.2. The molecule has 0 aromatic heterocycles. The first kappa shape index (κ1) is 25.3. The number of nitrogens with two attached hydrogens (primary N) is 1. The van der Waals surface area contributed by atoms with Crippen LogP contribution in [-0.2, 0) is 24.0 Å². The summed E-state index contributed by atoms with van der Waals surface area (Å²) in [7, 11) is 0. The van der Waals surface area contributed by atoms with Gasteiger partial charge in [0.25, 0.3) is 0 Å². The highest BCUT2D eigenvalue weighted by atomic mass is 16.4. The van der Waals surface area contributed by atoms with Crippen LogP contribution in [0, 0.1) is 5.92 Å². The molecule has 0 bridgehead atoms. The summed E-state index contributed by atoms with van der Waals surface area (Å²) in [5.74, 6) is -4.13. The van der Waals surface area contributed by atoms with Crippen molar-refractivity contribution in [2.75, 3.05) is 6.54 Å². The molecular formula is C19H32N4O7. The van der Waals surface area contributed by atoms with E-state index in [9.17, 15) is 24.0 Å². The maximum Gasteiger partial charge on any atom is 0.325 e. The Balaban J connectivity index is 2.91. The minimum absolute atomic E-state index is 0.0651. The second-order valence-corrected chi connectivity index (χ2v) is 7.67. The van der Waals surface area contributed by atoms with Gasteiger partial charge >= 0.3 is 11.9 Å². The quantitative estimate of drug-likeness (QED) is 0.286. The predicted octanol–water partition coefficient (Wildman–Crippen LogP) is -0.710. The first-order chi connectivity index (χ1) is 14.0. The number of carbonyl (C=O) groups excluding carboxylic acids is 3. The third-order valence-corrected chi connectivity index (χ3v) is 5.35. The van der Waals surface area contributed by atoms with Crippen molar-refractivity contribution < 1.29 is 34.2 Å². The number of carboxylic acid groups (broad SMARTS) is 2. The number of hydrogen-bond acceptors (Lipinski definition) is 6. The Morgan fingerprint density at radius 3 is 2.30 bits per heavy atom. The molecule has 11 nitrogen and oxygen atoms in total. The lowest BCUT2D eigenvalue weighted by Gasteiger charge is -2.32. The SMILES string of the molecule is CCC(C)C(NC(=O)C(N)CCC(=O)O)C(=O)N1CCCC1C(=O)NC(C)C(=O)O. The van der Waals surface area contributed by atoms with E-state index in [0.29, 0.717) is 25.8 Å². The van der Waals surface area contributed by atoms with Crippen LogP contribution >= 0.6 is 0 Å². The number of amides is 3. The van der Waals surface area contributed by atoms with Crippen LogP contribution < -0.4 is 16.4 Å². The molecule has 1 heterocycles. The molecular weight excluding hydrogens is 396 g/mol. The summed E-state index contributed by atoms with van der Waals surface area (Å²) >= 11 is 0. The third-order valence-electron chi connectivity index (χ3n) is 5.35. The first-order valence-electron chi connectivity index (χ1n) is 10.1. The molecule has 0 spiro atoms. The summed E-state index contributed by atoms with van der Waals surface area (Å²) in [6.45, 7) is 5.28. The molecule has 3 amide bonds. The Morgan fingerprint density at radius 2 is 1.77 bits per heavy atom. The van der Waals surface area contributed by atoms with Gasteiger partial charge < -0.3 is 31.5 Å². The Morgan fingerprint density at radius 1 is 1.13 bits per heavy atom. The molecule has 170 valence electrons. The number of aliphatic carboxylic acids is 2. The van der Waals surface area contributed by atoms with Crippen LogP contribution in [0.25, 0.3) is 0 Å². The Kier molecular flexibility index (Phi) is 9.70. The molecule has 0 radical (unpaired) electrons. The van der Waals surface area contributed by atoms with Gasteiger partial charge in [0.15, 0.2) is 0 Å². The molecule has 1 aliphatic heterocycles. The summed E-state index contributed by atoms with van der Waals surface area (Å²) in [5, 5.41) is 22.7. The highest BCUT2D eigenvalue weighted by Crippen LogP contribution is 2.21. The molecule has 0 aromatic rings. The molecule has 11 heteroatoms. The van der Waals surface area contributed by atoms with E-state index in [4.69, 9.17) is 15.9 Å². The number of nitrogens with one attached hydrogen (secondary N) is 2. The normalized spacial score (nSPS) is 20.0. The lowest BCUT2D eigenvalue weighted by molar-refractivity contribution is -0.145. The fourth-order valence-corrected chi connectivity index (χ4v) is 3.21. The van der Waals surface area contributed by atoms with Gasteiger partial charge in [0.2, 0.25) is 17.7 Å². The topological polar surface area (TPSA) is 179 Å². The van der Waals surface area contributed by atoms with Gasteiger partial charge in [0, 0.05) is 13.0 Å². The molecule has 1 aliphatic rings. The van der Waals surface area contributed by atoms with Crippen molar-refractivity contribution in [2.45, 2.75) is 77.0 Å². The van der Waals surface area contributed by atoms with Crippen molar-refractivity contribution in [2.24, 2.45) is 11.7 Å². The molecule has 1 rings (SSSR count). The molecule has 1 fully saturated rings. The minimum Gasteiger partial charge on any atom is -0.481 e. The fraction of sp³-hybridized carbons (Fsp3) is 0.737. The van der Waals surface area contributed by atoms with E-state index in [0.717, 1.165) is 0 Å². The van der Waals surface area contributed by atoms with Gasteiger partial charge in [-0.05, 0) is 32.1 Å². The van der Waals surface area contributed by atoms with E-state index in [2.05, 4.69) is 10.6 Å². The summed E-state index contributed by atoms with van der Waals surface area (Å²) in [5.41, 5.74) is 5.75. The van der Waals surface area contributed by atoms with E-state index in [1.165, 1.54) is 11.8 Å². The van der Waals surface area contributed by atoms with Crippen molar-refractivity contribution in [3.63, 3.8) is 0 Å². The average Bonchev–Trinajstić information content (AvgIpc) is 3.18. The fourth-order valence-electron chi connectivity index (χ4n) is 3.21. The molecule has 30 heavy (non-hydrogen) atoms. The third kappa shape index (κ3) is 6.97. The first-order valence-corrected chi connectivity index (χ1v) is 10.1. The smallest absolute Gasteiger partial charge is 0.325 e. The highest BCUT2D eigenvalue weighted by Gasteiger charge is 2.40.